The molecular weight excluding hydrogens is 290 g/mol. The van der Waals surface area contributed by atoms with E-state index in [9.17, 15) is 9.59 Å². The minimum absolute atomic E-state index is 0.121. The van der Waals surface area contributed by atoms with Crippen molar-refractivity contribution in [2.24, 2.45) is 0 Å². The van der Waals surface area contributed by atoms with Crippen LogP contribution < -0.4 is 0 Å². The number of benzene rings is 1. The summed E-state index contributed by atoms with van der Waals surface area (Å²) < 4.78 is 4.67. The van der Waals surface area contributed by atoms with E-state index in [-0.39, 0.29) is 24.3 Å². The molecule has 1 atom stereocenters. The molecule has 1 unspecified atom stereocenters. The zero-order valence-electron chi connectivity index (χ0n) is 14.8. The molecule has 0 aliphatic rings. The monoisotopic (exact) mass is 319 g/mol. The molecule has 0 bridgehead atoms. The lowest BCUT2D eigenvalue weighted by Gasteiger charge is -2.28. The summed E-state index contributed by atoms with van der Waals surface area (Å²) in [6.07, 6.45) is 3.37. The van der Waals surface area contributed by atoms with Crippen molar-refractivity contribution in [3.05, 3.63) is 35.4 Å². The SMILES string of the molecule is CCC(C)N(CCC(=O)OC)C(=O)CCCc1ccc(C)cc1. The van der Waals surface area contributed by atoms with E-state index >= 15 is 0 Å². The molecule has 0 aliphatic heterocycles. The molecule has 23 heavy (non-hydrogen) atoms. The number of amides is 1. The van der Waals surface area contributed by atoms with Gasteiger partial charge in [-0.15, -0.1) is 0 Å². The summed E-state index contributed by atoms with van der Waals surface area (Å²) in [5, 5.41) is 0. The lowest BCUT2D eigenvalue weighted by Crippen LogP contribution is -2.39. The van der Waals surface area contributed by atoms with Crippen LogP contribution in [-0.2, 0) is 20.7 Å². The molecule has 1 rings (SSSR count). The molecule has 0 aliphatic carbocycles. The third kappa shape index (κ3) is 6.85. The van der Waals surface area contributed by atoms with Gasteiger partial charge < -0.3 is 9.64 Å². The summed E-state index contributed by atoms with van der Waals surface area (Å²) in [4.78, 5) is 25.6. The van der Waals surface area contributed by atoms with Crippen molar-refractivity contribution in [2.75, 3.05) is 13.7 Å². The molecule has 0 radical (unpaired) electrons. The largest absolute Gasteiger partial charge is 0.469 e. The molecule has 0 heterocycles. The first-order valence-electron chi connectivity index (χ1n) is 8.39. The van der Waals surface area contributed by atoms with Crippen LogP contribution in [0.15, 0.2) is 24.3 Å². The Hall–Kier alpha value is -1.84. The number of nitrogens with zero attached hydrogens (tertiary/aromatic N) is 1. The second-order valence-corrected chi connectivity index (χ2v) is 6.01. The minimum Gasteiger partial charge on any atom is -0.469 e. The highest BCUT2D eigenvalue weighted by Crippen LogP contribution is 2.12. The van der Waals surface area contributed by atoms with Crippen molar-refractivity contribution < 1.29 is 14.3 Å². The Labute approximate surface area is 139 Å². The van der Waals surface area contributed by atoms with Crippen molar-refractivity contribution in [1.82, 2.24) is 4.90 Å². The number of hydrogen-bond acceptors (Lipinski definition) is 3. The van der Waals surface area contributed by atoms with Gasteiger partial charge in [-0.05, 0) is 38.7 Å². The van der Waals surface area contributed by atoms with Gasteiger partial charge in [-0.2, -0.15) is 0 Å². The fourth-order valence-electron chi connectivity index (χ4n) is 2.47. The zero-order chi connectivity index (χ0) is 17.2. The summed E-state index contributed by atoms with van der Waals surface area (Å²) in [5.41, 5.74) is 2.50. The second-order valence-electron chi connectivity index (χ2n) is 6.01. The molecule has 0 aromatic heterocycles. The summed E-state index contributed by atoms with van der Waals surface area (Å²) in [6, 6.07) is 8.57. The summed E-state index contributed by atoms with van der Waals surface area (Å²) >= 11 is 0. The van der Waals surface area contributed by atoms with E-state index in [1.165, 1.54) is 18.2 Å². The maximum absolute atomic E-state index is 12.5. The Kier molecular flexibility index (Phi) is 8.38. The van der Waals surface area contributed by atoms with Gasteiger partial charge in [-0.1, -0.05) is 36.8 Å². The van der Waals surface area contributed by atoms with Crippen LogP contribution in [0.5, 0.6) is 0 Å². The highest BCUT2D eigenvalue weighted by atomic mass is 16.5. The van der Waals surface area contributed by atoms with Gasteiger partial charge in [0.1, 0.15) is 0 Å². The number of carbonyl (C=O) groups excluding carboxylic acids is 2. The number of methoxy groups -OCH3 is 1. The standard InChI is InChI=1S/C19H29NO3/c1-5-16(3)20(14-13-19(22)23-4)18(21)8-6-7-17-11-9-15(2)10-12-17/h9-12,16H,5-8,13-14H2,1-4H3. The normalized spacial score (nSPS) is 11.8. The number of carbonyl (C=O) groups is 2. The van der Waals surface area contributed by atoms with Gasteiger partial charge in [-0.25, -0.2) is 0 Å². The maximum atomic E-state index is 12.5. The molecule has 1 amide bonds. The Morgan fingerprint density at radius 2 is 1.83 bits per heavy atom. The van der Waals surface area contributed by atoms with E-state index in [0.717, 1.165) is 19.3 Å². The van der Waals surface area contributed by atoms with E-state index in [0.29, 0.717) is 13.0 Å². The molecule has 4 heteroatoms. The second kappa shape index (κ2) is 10.0. The van der Waals surface area contributed by atoms with Gasteiger partial charge >= 0.3 is 5.97 Å². The number of rotatable bonds is 9. The number of esters is 1. The Bertz CT molecular complexity index is 496. The Morgan fingerprint density at radius 3 is 2.39 bits per heavy atom. The lowest BCUT2D eigenvalue weighted by molar-refractivity contribution is -0.142. The predicted octanol–water partition coefficient (Wildman–Crippen LogP) is 3.51. The van der Waals surface area contributed by atoms with E-state index in [1.54, 1.807) is 0 Å². The molecule has 0 saturated carbocycles. The van der Waals surface area contributed by atoms with Gasteiger partial charge in [0.2, 0.25) is 5.91 Å². The van der Waals surface area contributed by atoms with Crippen LogP contribution in [0, 0.1) is 6.92 Å². The van der Waals surface area contributed by atoms with Crippen molar-refractivity contribution in [1.29, 1.82) is 0 Å². The predicted molar refractivity (Wildman–Crippen MR) is 92.2 cm³/mol. The number of hydrogen-bond donors (Lipinski definition) is 0. The molecule has 4 nitrogen and oxygen atoms in total. The third-order valence-electron chi connectivity index (χ3n) is 4.20. The van der Waals surface area contributed by atoms with Gasteiger partial charge in [0.05, 0.1) is 13.5 Å². The van der Waals surface area contributed by atoms with Crippen LogP contribution in [0.3, 0.4) is 0 Å². The van der Waals surface area contributed by atoms with Crippen LogP contribution in [0.1, 0.15) is 50.7 Å². The van der Waals surface area contributed by atoms with E-state index in [4.69, 9.17) is 0 Å². The molecular formula is C19H29NO3. The van der Waals surface area contributed by atoms with Crippen LogP contribution in [0.4, 0.5) is 0 Å². The first-order chi connectivity index (χ1) is 11.0. The van der Waals surface area contributed by atoms with Crippen molar-refractivity contribution in [3.8, 4) is 0 Å². The van der Waals surface area contributed by atoms with Crippen molar-refractivity contribution >= 4 is 11.9 Å². The van der Waals surface area contributed by atoms with E-state index < -0.39 is 0 Å². The number of aryl methyl sites for hydroxylation is 2. The topological polar surface area (TPSA) is 46.6 Å². The van der Waals surface area contributed by atoms with Gasteiger partial charge in [0.15, 0.2) is 0 Å². The maximum Gasteiger partial charge on any atom is 0.307 e. The molecule has 0 fully saturated rings. The molecule has 0 spiro atoms. The Morgan fingerprint density at radius 1 is 1.17 bits per heavy atom. The quantitative estimate of drug-likeness (QED) is 0.654. The van der Waals surface area contributed by atoms with E-state index in [2.05, 4.69) is 42.8 Å². The first-order valence-corrected chi connectivity index (χ1v) is 8.39. The zero-order valence-corrected chi connectivity index (χ0v) is 14.8. The summed E-state index contributed by atoms with van der Waals surface area (Å²) in [5.74, 6) is -0.152. The van der Waals surface area contributed by atoms with Gasteiger partial charge in [0, 0.05) is 19.0 Å². The highest BCUT2D eigenvalue weighted by molar-refractivity contribution is 5.77. The van der Waals surface area contributed by atoms with Crippen molar-refractivity contribution in [3.63, 3.8) is 0 Å². The molecule has 0 saturated heterocycles. The molecule has 0 N–H and O–H groups in total. The summed E-state index contributed by atoms with van der Waals surface area (Å²) in [6.45, 7) is 6.58. The first kappa shape index (κ1) is 19.2. The average molecular weight is 319 g/mol. The Balaban J connectivity index is 2.48. The molecule has 1 aromatic rings. The molecule has 1 aromatic carbocycles. The van der Waals surface area contributed by atoms with Gasteiger partial charge in [-0.3, -0.25) is 9.59 Å². The lowest BCUT2D eigenvalue weighted by atomic mass is 10.1. The third-order valence-corrected chi connectivity index (χ3v) is 4.20. The molecule has 128 valence electrons. The fourth-order valence-corrected chi connectivity index (χ4v) is 2.47. The number of ether oxygens (including phenoxy) is 1. The van der Waals surface area contributed by atoms with Crippen LogP contribution in [0.2, 0.25) is 0 Å². The fraction of sp³-hybridized carbons (Fsp3) is 0.579. The smallest absolute Gasteiger partial charge is 0.307 e. The van der Waals surface area contributed by atoms with Gasteiger partial charge in [0.25, 0.3) is 0 Å². The minimum atomic E-state index is -0.272. The van der Waals surface area contributed by atoms with Crippen molar-refractivity contribution in [2.45, 2.75) is 58.9 Å². The highest BCUT2D eigenvalue weighted by Gasteiger charge is 2.19. The average Bonchev–Trinajstić information content (AvgIpc) is 2.56. The van der Waals surface area contributed by atoms with E-state index in [1.807, 2.05) is 11.8 Å². The van der Waals surface area contributed by atoms with Crippen LogP contribution >= 0.6 is 0 Å². The van der Waals surface area contributed by atoms with Crippen LogP contribution in [-0.4, -0.2) is 36.5 Å². The van der Waals surface area contributed by atoms with Crippen LogP contribution in [0.25, 0.3) is 0 Å². The summed E-state index contributed by atoms with van der Waals surface area (Å²) in [7, 11) is 1.37.